The van der Waals surface area contributed by atoms with Gasteiger partial charge in [0.1, 0.15) is 5.60 Å². The van der Waals surface area contributed by atoms with Gasteiger partial charge in [-0.2, -0.15) is 0 Å². The van der Waals surface area contributed by atoms with Gasteiger partial charge in [0.15, 0.2) is 15.3 Å². The fraction of sp³-hybridized carbons (Fsp3) is 0.917. The monoisotopic (exact) mass is 295 g/mol. The number of rotatable bonds is 7. The summed E-state index contributed by atoms with van der Waals surface area (Å²) in [6, 6.07) is 0. The maximum absolute atomic E-state index is 11.9. The first kappa shape index (κ1) is 18.2. The zero-order valence-electron chi connectivity index (χ0n) is 12.4. The molecule has 0 aromatic carbocycles. The molecule has 6 nitrogen and oxygen atoms in total. The van der Waals surface area contributed by atoms with E-state index in [-0.39, 0.29) is 12.3 Å². The second-order valence-corrected chi connectivity index (χ2v) is 7.51. The van der Waals surface area contributed by atoms with Crippen LogP contribution in [0.3, 0.4) is 0 Å². The summed E-state index contributed by atoms with van der Waals surface area (Å²) in [5.74, 6) is -0.162. The van der Waals surface area contributed by atoms with E-state index in [9.17, 15) is 13.2 Å². The molecular formula is C12H25NO5S. The maximum atomic E-state index is 11.9. The molecule has 0 spiro atoms. The summed E-state index contributed by atoms with van der Waals surface area (Å²) in [4.78, 5) is 11.4. The van der Waals surface area contributed by atoms with Crippen LogP contribution in [-0.4, -0.2) is 45.0 Å². The van der Waals surface area contributed by atoms with Crippen LogP contribution in [0.25, 0.3) is 0 Å². The van der Waals surface area contributed by atoms with Crippen molar-refractivity contribution in [2.45, 2.75) is 51.6 Å². The molecule has 19 heavy (non-hydrogen) atoms. The normalized spacial score (nSPS) is 13.9. The molecule has 0 aromatic rings. The molecule has 0 bridgehead atoms. The van der Waals surface area contributed by atoms with Crippen molar-refractivity contribution in [3.05, 3.63) is 0 Å². The van der Waals surface area contributed by atoms with Crippen LogP contribution < -0.4 is 5.32 Å². The molecular weight excluding hydrogens is 270 g/mol. The Morgan fingerprint density at radius 3 is 2.32 bits per heavy atom. The van der Waals surface area contributed by atoms with Gasteiger partial charge in [-0.3, -0.25) is 0 Å². The van der Waals surface area contributed by atoms with Gasteiger partial charge in [-0.15, -0.1) is 0 Å². The summed E-state index contributed by atoms with van der Waals surface area (Å²) < 4.78 is 33.8. The van der Waals surface area contributed by atoms with Crippen LogP contribution in [0, 0.1) is 0 Å². The third-order valence-corrected chi connectivity index (χ3v) is 4.25. The van der Waals surface area contributed by atoms with Crippen LogP contribution in [0.15, 0.2) is 0 Å². The van der Waals surface area contributed by atoms with Crippen molar-refractivity contribution in [3.63, 3.8) is 0 Å². The molecule has 1 amide bonds. The van der Waals surface area contributed by atoms with E-state index in [1.165, 1.54) is 7.11 Å². The molecule has 7 heteroatoms. The van der Waals surface area contributed by atoms with Crippen molar-refractivity contribution >= 4 is 15.9 Å². The Hall–Kier alpha value is -0.820. The first-order chi connectivity index (χ1) is 8.62. The van der Waals surface area contributed by atoms with Gasteiger partial charge in [-0.05, 0) is 27.2 Å². The van der Waals surface area contributed by atoms with Gasteiger partial charge < -0.3 is 14.8 Å². The molecule has 0 aliphatic rings. The van der Waals surface area contributed by atoms with Crippen LogP contribution in [0.5, 0.6) is 0 Å². The van der Waals surface area contributed by atoms with E-state index in [2.05, 4.69) is 5.32 Å². The molecule has 0 aliphatic heterocycles. The zero-order chi connectivity index (χ0) is 15.1. The standard InChI is InChI=1S/C12H25NO5S/c1-6-7-10(17-5)19(15,16)9-8-13-11(14)18-12(2,3)4/h10H,6-9H2,1-5H3,(H,13,14). The highest BCUT2D eigenvalue weighted by Gasteiger charge is 2.24. The minimum atomic E-state index is -3.37. The van der Waals surface area contributed by atoms with E-state index in [1.54, 1.807) is 20.8 Å². The SMILES string of the molecule is CCCC(OC)S(=O)(=O)CCNC(=O)OC(C)(C)C. The molecule has 0 saturated carbocycles. The maximum Gasteiger partial charge on any atom is 0.407 e. The van der Waals surface area contributed by atoms with Crippen molar-refractivity contribution in [3.8, 4) is 0 Å². The van der Waals surface area contributed by atoms with Gasteiger partial charge in [-0.1, -0.05) is 13.3 Å². The molecule has 0 heterocycles. The number of methoxy groups -OCH3 is 1. The highest BCUT2D eigenvalue weighted by Crippen LogP contribution is 2.10. The molecule has 1 unspecified atom stereocenters. The van der Waals surface area contributed by atoms with Gasteiger partial charge in [0.25, 0.3) is 0 Å². The predicted octanol–water partition coefficient (Wildman–Crippen LogP) is 1.70. The van der Waals surface area contributed by atoms with Crippen molar-refractivity contribution in [2.24, 2.45) is 0 Å². The Morgan fingerprint density at radius 2 is 1.89 bits per heavy atom. The highest BCUT2D eigenvalue weighted by molar-refractivity contribution is 7.91. The minimum absolute atomic E-state index is 0.0147. The van der Waals surface area contributed by atoms with E-state index < -0.39 is 27.0 Å². The molecule has 0 saturated heterocycles. The van der Waals surface area contributed by atoms with Crippen molar-refractivity contribution in [1.82, 2.24) is 5.32 Å². The zero-order valence-corrected chi connectivity index (χ0v) is 13.2. The van der Waals surface area contributed by atoms with E-state index in [1.807, 2.05) is 6.92 Å². The largest absolute Gasteiger partial charge is 0.444 e. The molecule has 0 fully saturated rings. The average Bonchev–Trinajstić information content (AvgIpc) is 2.22. The predicted molar refractivity (Wildman–Crippen MR) is 73.7 cm³/mol. The third-order valence-electron chi connectivity index (χ3n) is 2.24. The lowest BCUT2D eigenvalue weighted by atomic mass is 10.2. The van der Waals surface area contributed by atoms with Gasteiger partial charge in [0.05, 0.1) is 5.75 Å². The van der Waals surface area contributed by atoms with E-state index in [4.69, 9.17) is 9.47 Å². The summed E-state index contributed by atoms with van der Waals surface area (Å²) in [7, 11) is -1.99. The molecule has 1 N–H and O–H groups in total. The van der Waals surface area contributed by atoms with Gasteiger partial charge >= 0.3 is 6.09 Å². The number of ether oxygens (including phenoxy) is 2. The molecule has 0 radical (unpaired) electrons. The number of amides is 1. The summed E-state index contributed by atoms with van der Waals surface area (Å²) in [5, 5.41) is 2.42. The Kier molecular flexibility index (Phi) is 7.36. The van der Waals surface area contributed by atoms with Gasteiger partial charge in [0.2, 0.25) is 0 Å². The Morgan fingerprint density at radius 1 is 1.32 bits per heavy atom. The van der Waals surface area contributed by atoms with Crippen LogP contribution in [0.1, 0.15) is 40.5 Å². The summed E-state index contributed by atoms with van der Waals surface area (Å²) in [6.45, 7) is 7.13. The summed E-state index contributed by atoms with van der Waals surface area (Å²) >= 11 is 0. The average molecular weight is 295 g/mol. The van der Waals surface area contributed by atoms with Crippen LogP contribution in [0.2, 0.25) is 0 Å². The fourth-order valence-corrected chi connectivity index (χ4v) is 2.96. The molecule has 0 aromatic heterocycles. The minimum Gasteiger partial charge on any atom is -0.444 e. The van der Waals surface area contributed by atoms with E-state index in [0.29, 0.717) is 6.42 Å². The van der Waals surface area contributed by atoms with Crippen molar-refractivity contribution < 1.29 is 22.7 Å². The number of carbonyl (C=O) groups excluding carboxylic acids is 1. The molecule has 0 aliphatic carbocycles. The second kappa shape index (κ2) is 7.69. The highest BCUT2D eigenvalue weighted by atomic mass is 32.2. The second-order valence-electron chi connectivity index (χ2n) is 5.25. The summed E-state index contributed by atoms with van der Waals surface area (Å²) in [6.07, 6.45) is 0.551. The number of hydrogen-bond acceptors (Lipinski definition) is 5. The molecule has 0 rings (SSSR count). The lowest BCUT2D eigenvalue weighted by Crippen LogP contribution is -2.37. The van der Waals surface area contributed by atoms with Crippen molar-refractivity contribution in [1.29, 1.82) is 0 Å². The van der Waals surface area contributed by atoms with Crippen LogP contribution >= 0.6 is 0 Å². The van der Waals surface area contributed by atoms with Crippen LogP contribution in [0.4, 0.5) is 4.79 Å². The van der Waals surface area contributed by atoms with Gasteiger partial charge in [-0.25, -0.2) is 13.2 Å². The summed E-state index contributed by atoms with van der Waals surface area (Å²) in [5.41, 5.74) is -1.40. The van der Waals surface area contributed by atoms with E-state index in [0.717, 1.165) is 6.42 Å². The quantitative estimate of drug-likeness (QED) is 0.773. The number of alkyl carbamates (subject to hydrolysis) is 1. The first-order valence-electron chi connectivity index (χ1n) is 6.33. The smallest absolute Gasteiger partial charge is 0.407 e. The molecule has 114 valence electrons. The van der Waals surface area contributed by atoms with Gasteiger partial charge in [0, 0.05) is 13.7 Å². The van der Waals surface area contributed by atoms with Crippen LogP contribution in [-0.2, 0) is 19.3 Å². The molecule has 1 atom stereocenters. The fourth-order valence-electron chi connectivity index (χ4n) is 1.42. The number of sulfone groups is 1. The lowest BCUT2D eigenvalue weighted by molar-refractivity contribution is 0.0531. The van der Waals surface area contributed by atoms with Crippen molar-refractivity contribution in [2.75, 3.05) is 19.4 Å². The Balaban J connectivity index is 4.22. The Bertz CT molecular complexity index is 372. The van der Waals surface area contributed by atoms with E-state index >= 15 is 0 Å². The third kappa shape index (κ3) is 8.05. The lowest BCUT2D eigenvalue weighted by Gasteiger charge is -2.20. The number of hydrogen-bond donors (Lipinski definition) is 1. The number of nitrogens with one attached hydrogen (secondary N) is 1. The topological polar surface area (TPSA) is 81.7 Å². The number of carbonyl (C=O) groups is 1. The first-order valence-corrected chi connectivity index (χ1v) is 8.05. The Labute approximate surface area is 115 Å².